The number of likely N-dealkylation sites (tertiary alicyclic amines) is 1. The first-order chi connectivity index (χ1) is 12.1. The van der Waals surface area contributed by atoms with Gasteiger partial charge in [-0.2, -0.15) is 0 Å². The average Bonchev–Trinajstić information content (AvgIpc) is 3.05. The highest BCUT2D eigenvalue weighted by atomic mass is 32.1. The first-order valence-electron chi connectivity index (χ1n) is 8.49. The fraction of sp³-hybridized carbons (Fsp3) is 0.500. The molecule has 0 bridgehead atoms. The van der Waals surface area contributed by atoms with Crippen molar-refractivity contribution in [1.82, 2.24) is 14.9 Å². The molecule has 1 amide bonds. The van der Waals surface area contributed by atoms with Crippen LogP contribution in [0.25, 0.3) is 0 Å². The molecule has 4 heterocycles. The smallest absolute Gasteiger partial charge is 0.273 e. The minimum absolute atomic E-state index is 0.00148. The Balaban J connectivity index is 1.31. The zero-order valence-corrected chi connectivity index (χ0v) is 15.0. The summed E-state index contributed by atoms with van der Waals surface area (Å²) >= 11 is 1.50. The zero-order chi connectivity index (χ0) is 17.3. The van der Waals surface area contributed by atoms with Gasteiger partial charge in [-0.25, -0.2) is 4.98 Å². The molecule has 2 saturated heterocycles. The van der Waals surface area contributed by atoms with Gasteiger partial charge in [0, 0.05) is 30.8 Å². The van der Waals surface area contributed by atoms with Crippen LogP contribution in [0.3, 0.4) is 0 Å². The normalized spacial score (nSPS) is 22.0. The van der Waals surface area contributed by atoms with Crippen LogP contribution >= 0.6 is 11.3 Å². The molecule has 6 nitrogen and oxygen atoms in total. The van der Waals surface area contributed by atoms with Crippen molar-refractivity contribution < 1.29 is 14.3 Å². The van der Waals surface area contributed by atoms with Crippen LogP contribution in [-0.2, 0) is 16.1 Å². The van der Waals surface area contributed by atoms with Gasteiger partial charge >= 0.3 is 0 Å². The van der Waals surface area contributed by atoms with E-state index in [1.54, 1.807) is 12.4 Å². The fourth-order valence-electron chi connectivity index (χ4n) is 3.46. The van der Waals surface area contributed by atoms with Crippen LogP contribution in [0.2, 0.25) is 0 Å². The molecule has 0 radical (unpaired) electrons. The molecule has 0 N–H and O–H groups in total. The van der Waals surface area contributed by atoms with Gasteiger partial charge in [-0.1, -0.05) is 0 Å². The Morgan fingerprint density at radius 3 is 2.96 bits per heavy atom. The maximum Gasteiger partial charge on any atom is 0.273 e. The van der Waals surface area contributed by atoms with Crippen molar-refractivity contribution in [2.24, 2.45) is 0 Å². The molecule has 25 heavy (non-hydrogen) atoms. The number of carbonyl (C=O) groups excluding carboxylic acids is 1. The number of nitrogens with zero attached hydrogens (tertiary/aromatic N) is 3. The SMILES string of the molecule is Cc1nc(C(=O)N2CC3(C[C@@H](OCc4ccncc4)CCO3)C2)cs1. The summed E-state index contributed by atoms with van der Waals surface area (Å²) in [5.41, 5.74) is 1.42. The molecule has 0 aromatic carbocycles. The Bertz CT molecular complexity index is 743. The van der Waals surface area contributed by atoms with Gasteiger partial charge in [0.25, 0.3) is 5.91 Å². The van der Waals surface area contributed by atoms with Crippen molar-refractivity contribution in [2.75, 3.05) is 19.7 Å². The topological polar surface area (TPSA) is 64.6 Å². The summed E-state index contributed by atoms with van der Waals surface area (Å²) in [7, 11) is 0. The largest absolute Gasteiger partial charge is 0.373 e. The van der Waals surface area contributed by atoms with Crippen molar-refractivity contribution in [2.45, 2.75) is 38.1 Å². The number of carbonyl (C=O) groups is 1. The number of aryl methyl sites for hydroxylation is 1. The second-order valence-corrected chi connectivity index (χ2v) is 7.79. The van der Waals surface area contributed by atoms with Gasteiger partial charge in [0.1, 0.15) is 11.3 Å². The molecule has 0 aliphatic carbocycles. The lowest BCUT2D eigenvalue weighted by Gasteiger charge is -2.52. The predicted octanol–water partition coefficient (Wildman–Crippen LogP) is 2.44. The third-order valence-electron chi connectivity index (χ3n) is 4.77. The molecule has 0 saturated carbocycles. The first-order valence-corrected chi connectivity index (χ1v) is 9.37. The molecule has 7 heteroatoms. The third kappa shape index (κ3) is 3.58. The summed E-state index contributed by atoms with van der Waals surface area (Å²) in [6.45, 7) is 4.42. The van der Waals surface area contributed by atoms with Gasteiger partial charge in [-0.05, 0) is 31.0 Å². The van der Waals surface area contributed by atoms with Crippen molar-refractivity contribution in [3.05, 3.63) is 46.2 Å². The molecule has 132 valence electrons. The lowest BCUT2D eigenvalue weighted by molar-refractivity contribution is -0.188. The van der Waals surface area contributed by atoms with E-state index in [9.17, 15) is 4.79 Å². The number of pyridine rings is 1. The fourth-order valence-corrected chi connectivity index (χ4v) is 4.04. The van der Waals surface area contributed by atoms with E-state index < -0.39 is 0 Å². The maximum absolute atomic E-state index is 12.4. The Morgan fingerprint density at radius 1 is 1.44 bits per heavy atom. The quantitative estimate of drug-likeness (QED) is 0.839. The Morgan fingerprint density at radius 2 is 2.24 bits per heavy atom. The van der Waals surface area contributed by atoms with Gasteiger partial charge in [0.05, 0.1) is 30.8 Å². The number of rotatable bonds is 4. The second kappa shape index (κ2) is 6.82. The molecule has 2 fully saturated rings. The van der Waals surface area contributed by atoms with Crippen LogP contribution in [0, 0.1) is 6.92 Å². The van der Waals surface area contributed by atoms with Crippen molar-refractivity contribution in [1.29, 1.82) is 0 Å². The summed E-state index contributed by atoms with van der Waals surface area (Å²) in [6.07, 6.45) is 5.45. The summed E-state index contributed by atoms with van der Waals surface area (Å²) in [5, 5.41) is 2.74. The highest BCUT2D eigenvalue weighted by molar-refractivity contribution is 7.09. The van der Waals surface area contributed by atoms with Gasteiger partial charge in [-0.3, -0.25) is 9.78 Å². The number of aromatic nitrogens is 2. The minimum Gasteiger partial charge on any atom is -0.373 e. The van der Waals surface area contributed by atoms with Gasteiger partial charge in [-0.15, -0.1) is 11.3 Å². The summed E-state index contributed by atoms with van der Waals surface area (Å²) in [4.78, 5) is 22.6. The summed E-state index contributed by atoms with van der Waals surface area (Å²) in [5.74, 6) is -0.00148. The Hall–Kier alpha value is -1.83. The van der Waals surface area contributed by atoms with Crippen molar-refractivity contribution >= 4 is 17.2 Å². The van der Waals surface area contributed by atoms with Crippen LogP contribution < -0.4 is 0 Å². The molecular formula is C18H21N3O3S. The predicted molar refractivity (Wildman–Crippen MR) is 93.5 cm³/mol. The van der Waals surface area contributed by atoms with Crippen LogP contribution in [0.15, 0.2) is 29.9 Å². The van der Waals surface area contributed by atoms with E-state index in [4.69, 9.17) is 9.47 Å². The average molecular weight is 359 g/mol. The van der Waals surface area contributed by atoms with E-state index >= 15 is 0 Å². The molecule has 2 aliphatic heterocycles. The second-order valence-electron chi connectivity index (χ2n) is 6.73. The van der Waals surface area contributed by atoms with Crippen molar-refractivity contribution in [3.8, 4) is 0 Å². The molecule has 1 atom stereocenters. The van der Waals surface area contributed by atoms with Crippen LogP contribution in [0.5, 0.6) is 0 Å². The van der Waals surface area contributed by atoms with E-state index in [2.05, 4.69) is 9.97 Å². The molecular weight excluding hydrogens is 338 g/mol. The molecule has 2 aromatic rings. The monoisotopic (exact) mass is 359 g/mol. The lowest BCUT2D eigenvalue weighted by atomic mass is 9.84. The molecule has 1 spiro atoms. The number of amides is 1. The van der Waals surface area contributed by atoms with E-state index in [0.717, 1.165) is 23.4 Å². The van der Waals surface area contributed by atoms with Crippen LogP contribution in [-0.4, -0.2) is 52.2 Å². The summed E-state index contributed by atoms with van der Waals surface area (Å²) < 4.78 is 12.1. The highest BCUT2D eigenvalue weighted by Crippen LogP contribution is 2.36. The number of hydrogen-bond acceptors (Lipinski definition) is 6. The zero-order valence-electron chi connectivity index (χ0n) is 14.2. The lowest BCUT2D eigenvalue weighted by Crippen LogP contribution is -2.67. The van der Waals surface area contributed by atoms with Gasteiger partial charge in [0.2, 0.25) is 0 Å². The Labute approximate surface area is 150 Å². The molecule has 0 unspecified atom stereocenters. The number of ether oxygens (including phenoxy) is 2. The van der Waals surface area contributed by atoms with E-state index in [0.29, 0.717) is 32.0 Å². The van der Waals surface area contributed by atoms with Crippen LogP contribution in [0.4, 0.5) is 0 Å². The molecule has 2 aromatic heterocycles. The number of thiazole rings is 1. The number of hydrogen-bond donors (Lipinski definition) is 0. The van der Waals surface area contributed by atoms with E-state index in [1.165, 1.54) is 11.3 Å². The van der Waals surface area contributed by atoms with E-state index in [1.807, 2.05) is 29.3 Å². The van der Waals surface area contributed by atoms with Gasteiger partial charge < -0.3 is 14.4 Å². The Kier molecular flexibility index (Phi) is 4.54. The third-order valence-corrected chi connectivity index (χ3v) is 5.54. The first kappa shape index (κ1) is 16.6. The highest BCUT2D eigenvalue weighted by Gasteiger charge is 2.50. The van der Waals surface area contributed by atoms with E-state index in [-0.39, 0.29) is 17.6 Å². The van der Waals surface area contributed by atoms with Crippen LogP contribution in [0.1, 0.15) is 33.9 Å². The van der Waals surface area contributed by atoms with Crippen molar-refractivity contribution in [3.63, 3.8) is 0 Å². The molecule has 2 aliphatic rings. The standard InChI is InChI=1S/C18H21N3O3S/c1-13-20-16(10-25-13)17(22)21-11-18(12-21)8-15(4-7-24-18)23-9-14-2-5-19-6-3-14/h2-3,5-6,10,15H,4,7-9,11-12H2,1H3/t15-/m0/s1. The maximum atomic E-state index is 12.4. The summed E-state index contributed by atoms with van der Waals surface area (Å²) in [6, 6.07) is 3.93. The molecule has 4 rings (SSSR count). The van der Waals surface area contributed by atoms with Gasteiger partial charge in [0.15, 0.2) is 0 Å². The minimum atomic E-state index is -0.248.